The Hall–Kier alpha value is -1.16. The van der Waals surface area contributed by atoms with Crippen molar-refractivity contribution in [3.8, 4) is 0 Å². The summed E-state index contributed by atoms with van der Waals surface area (Å²) < 4.78 is 5.39. The lowest BCUT2D eigenvalue weighted by Crippen LogP contribution is -1.98. The molecule has 1 aromatic rings. The summed E-state index contributed by atoms with van der Waals surface area (Å²) in [6.07, 6.45) is 4.42. The van der Waals surface area contributed by atoms with E-state index in [0.29, 0.717) is 5.69 Å². The Morgan fingerprint density at radius 3 is 3.25 bits per heavy atom. The quantitative estimate of drug-likeness (QED) is 0.668. The van der Waals surface area contributed by atoms with Gasteiger partial charge in [-0.15, -0.1) is 0 Å². The Bertz CT molecular complexity index is 276. The average molecular weight is 166 g/mol. The minimum Gasteiger partial charge on any atom is -0.370 e. The molecule has 0 radical (unpaired) electrons. The van der Waals surface area contributed by atoms with Crippen molar-refractivity contribution >= 4 is 6.29 Å². The number of carbonyl (C=O) groups excluding carboxylic acids is 1. The first-order chi connectivity index (χ1) is 5.90. The molecule has 0 aromatic carbocycles. The van der Waals surface area contributed by atoms with Gasteiger partial charge in [0.1, 0.15) is 11.9 Å². The molecule has 64 valence electrons. The summed E-state index contributed by atoms with van der Waals surface area (Å²) in [5.74, 6) is 0.773. The summed E-state index contributed by atoms with van der Waals surface area (Å²) in [4.78, 5) is 17.3. The number of hydrogen-bond acceptors (Lipinski definition) is 3. The zero-order chi connectivity index (χ0) is 8.39. The number of carbonyl (C=O) groups is 1. The van der Waals surface area contributed by atoms with Gasteiger partial charge in [0.15, 0.2) is 6.29 Å². The molecule has 1 N–H and O–H groups in total. The van der Waals surface area contributed by atoms with E-state index in [0.717, 1.165) is 31.6 Å². The van der Waals surface area contributed by atoms with E-state index in [1.165, 1.54) is 6.20 Å². The first-order valence-corrected chi connectivity index (χ1v) is 4.02. The predicted octanol–water partition coefficient (Wildman–Crippen LogP) is 1.07. The van der Waals surface area contributed by atoms with Crippen LogP contribution in [0.25, 0.3) is 0 Å². The number of nitrogens with zero attached hydrogens (tertiary/aromatic N) is 1. The molecule has 12 heavy (non-hydrogen) atoms. The maximum atomic E-state index is 10.3. The van der Waals surface area contributed by atoms with E-state index in [-0.39, 0.29) is 6.10 Å². The third-order valence-electron chi connectivity index (χ3n) is 1.98. The monoisotopic (exact) mass is 166 g/mol. The molecular formula is C8H10N2O2. The van der Waals surface area contributed by atoms with E-state index in [1.54, 1.807) is 0 Å². The highest BCUT2D eigenvalue weighted by molar-refractivity contribution is 5.71. The summed E-state index contributed by atoms with van der Waals surface area (Å²) in [7, 11) is 0. The molecule has 4 heteroatoms. The van der Waals surface area contributed by atoms with Crippen molar-refractivity contribution in [2.45, 2.75) is 18.9 Å². The van der Waals surface area contributed by atoms with Crippen LogP contribution in [0.4, 0.5) is 0 Å². The van der Waals surface area contributed by atoms with Crippen LogP contribution >= 0.6 is 0 Å². The van der Waals surface area contributed by atoms with Gasteiger partial charge in [-0.2, -0.15) is 0 Å². The van der Waals surface area contributed by atoms with Gasteiger partial charge in [0, 0.05) is 6.61 Å². The first-order valence-electron chi connectivity index (χ1n) is 4.02. The largest absolute Gasteiger partial charge is 0.370 e. The van der Waals surface area contributed by atoms with Gasteiger partial charge >= 0.3 is 0 Å². The molecule has 0 saturated carbocycles. The Balaban J connectivity index is 2.16. The summed E-state index contributed by atoms with van der Waals surface area (Å²) in [5, 5.41) is 0. The fourth-order valence-corrected chi connectivity index (χ4v) is 1.37. The molecule has 2 rings (SSSR count). The van der Waals surface area contributed by atoms with E-state index in [1.807, 2.05) is 0 Å². The van der Waals surface area contributed by atoms with Crippen LogP contribution < -0.4 is 0 Å². The predicted molar refractivity (Wildman–Crippen MR) is 41.9 cm³/mol. The molecule has 0 amide bonds. The fourth-order valence-electron chi connectivity index (χ4n) is 1.37. The van der Waals surface area contributed by atoms with E-state index < -0.39 is 0 Å². The second-order valence-electron chi connectivity index (χ2n) is 2.84. The van der Waals surface area contributed by atoms with Crippen LogP contribution in [0.15, 0.2) is 6.20 Å². The minimum atomic E-state index is 0.0682. The van der Waals surface area contributed by atoms with Gasteiger partial charge in [-0.3, -0.25) is 4.79 Å². The number of aldehydes is 1. The minimum absolute atomic E-state index is 0.0682. The molecule has 0 aliphatic carbocycles. The number of aromatic nitrogens is 2. The number of ether oxygens (including phenoxy) is 1. The van der Waals surface area contributed by atoms with Gasteiger partial charge in [-0.05, 0) is 12.8 Å². The summed E-state index contributed by atoms with van der Waals surface area (Å²) in [6, 6.07) is 0. The maximum Gasteiger partial charge on any atom is 0.167 e. The molecule has 1 aliphatic heterocycles. The van der Waals surface area contributed by atoms with Gasteiger partial charge in [0.05, 0.1) is 11.9 Å². The van der Waals surface area contributed by atoms with Gasteiger partial charge in [0.25, 0.3) is 0 Å². The Labute approximate surface area is 70.0 Å². The van der Waals surface area contributed by atoms with Crippen molar-refractivity contribution in [2.75, 3.05) is 6.61 Å². The normalized spacial score (nSPS) is 22.8. The third kappa shape index (κ3) is 1.25. The van der Waals surface area contributed by atoms with Crippen LogP contribution in [0.1, 0.15) is 35.3 Å². The molecular weight excluding hydrogens is 156 g/mol. The van der Waals surface area contributed by atoms with E-state index in [2.05, 4.69) is 9.97 Å². The molecule has 0 bridgehead atoms. The van der Waals surface area contributed by atoms with Crippen LogP contribution in [0.2, 0.25) is 0 Å². The summed E-state index contributed by atoms with van der Waals surface area (Å²) in [6.45, 7) is 0.793. The lowest BCUT2D eigenvalue weighted by molar-refractivity contribution is 0.105. The molecule has 1 saturated heterocycles. The van der Waals surface area contributed by atoms with Crippen molar-refractivity contribution in [3.63, 3.8) is 0 Å². The molecule has 1 unspecified atom stereocenters. The van der Waals surface area contributed by atoms with Gasteiger partial charge in [-0.25, -0.2) is 4.98 Å². The lowest BCUT2D eigenvalue weighted by atomic mass is 10.2. The highest BCUT2D eigenvalue weighted by Crippen LogP contribution is 2.25. The smallest absolute Gasteiger partial charge is 0.167 e. The van der Waals surface area contributed by atoms with Gasteiger partial charge in [-0.1, -0.05) is 0 Å². The number of imidazole rings is 1. The molecule has 0 spiro atoms. The van der Waals surface area contributed by atoms with Crippen molar-refractivity contribution in [1.82, 2.24) is 9.97 Å². The van der Waals surface area contributed by atoms with E-state index >= 15 is 0 Å². The number of hydrogen-bond donors (Lipinski definition) is 1. The van der Waals surface area contributed by atoms with Crippen molar-refractivity contribution in [3.05, 3.63) is 17.7 Å². The van der Waals surface area contributed by atoms with Crippen molar-refractivity contribution in [1.29, 1.82) is 0 Å². The molecule has 4 nitrogen and oxygen atoms in total. The van der Waals surface area contributed by atoms with Gasteiger partial charge < -0.3 is 9.72 Å². The summed E-state index contributed by atoms with van der Waals surface area (Å²) in [5.41, 5.74) is 0.514. The highest BCUT2D eigenvalue weighted by atomic mass is 16.5. The standard InChI is InChI=1S/C8H10N2O2/c11-5-6-4-9-8(10-6)7-2-1-3-12-7/h4-5,7H,1-3H2,(H,9,10). The zero-order valence-electron chi connectivity index (χ0n) is 6.62. The SMILES string of the molecule is O=Cc1cnc(C2CCCO2)[nH]1. The fraction of sp³-hybridized carbons (Fsp3) is 0.500. The number of aromatic amines is 1. The van der Waals surface area contributed by atoms with Crippen molar-refractivity contribution in [2.24, 2.45) is 0 Å². The van der Waals surface area contributed by atoms with E-state index in [9.17, 15) is 4.79 Å². The highest BCUT2D eigenvalue weighted by Gasteiger charge is 2.20. The number of nitrogens with one attached hydrogen (secondary N) is 1. The first kappa shape index (κ1) is 7.49. The maximum absolute atomic E-state index is 10.3. The summed E-state index contributed by atoms with van der Waals surface area (Å²) >= 11 is 0. The molecule has 1 aromatic heterocycles. The molecule has 2 heterocycles. The number of rotatable bonds is 2. The second-order valence-corrected chi connectivity index (χ2v) is 2.84. The number of H-pyrrole nitrogens is 1. The Morgan fingerprint density at radius 1 is 1.75 bits per heavy atom. The van der Waals surface area contributed by atoms with Crippen LogP contribution in [0.3, 0.4) is 0 Å². The van der Waals surface area contributed by atoms with Crippen LogP contribution in [0, 0.1) is 0 Å². The Kier molecular flexibility index (Phi) is 1.91. The molecule has 1 atom stereocenters. The van der Waals surface area contributed by atoms with Crippen LogP contribution in [-0.4, -0.2) is 22.9 Å². The van der Waals surface area contributed by atoms with E-state index in [4.69, 9.17) is 4.74 Å². The third-order valence-corrected chi connectivity index (χ3v) is 1.98. The second kappa shape index (κ2) is 3.06. The average Bonchev–Trinajstić information content (AvgIpc) is 2.75. The topological polar surface area (TPSA) is 55.0 Å². The Morgan fingerprint density at radius 2 is 2.67 bits per heavy atom. The molecule has 1 fully saturated rings. The zero-order valence-corrected chi connectivity index (χ0v) is 6.62. The van der Waals surface area contributed by atoms with Crippen molar-refractivity contribution < 1.29 is 9.53 Å². The van der Waals surface area contributed by atoms with Crippen LogP contribution in [-0.2, 0) is 4.74 Å². The lowest BCUT2D eigenvalue weighted by Gasteiger charge is -2.03. The van der Waals surface area contributed by atoms with Crippen LogP contribution in [0.5, 0.6) is 0 Å². The van der Waals surface area contributed by atoms with Gasteiger partial charge in [0.2, 0.25) is 0 Å². The molecule has 1 aliphatic rings.